The van der Waals surface area contributed by atoms with E-state index in [1.165, 1.54) is 0 Å². The Labute approximate surface area is 148 Å². The minimum atomic E-state index is -0.0995. The molecule has 0 aliphatic rings. The molecular weight excluding hydrogens is 370 g/mol. The van der Waals surface area contributed by atoms with Crippen molar-refractivity contribution in [1.82, 2.24) is 9.55 Å². The number of halogens is 1. The van der Waals surface area contributed by atoms with Gasteiger partial charge in [-0.05, 0) is 30.3 Å². The second kappa shape index (κ2) is 7.79. The van der Waals surface area contributed by atoms with Crippen molar-refractivity contribution in [2.45, 2.75) is 6.42 Å². The van der Waals surface area contributed by atoms with Crippen molar-refractivity contribution in [1.29, 1.82) is 0 Å². The number of carbonyl (C=O) groups is 1. The number of imidazole rings is 1. The fourth-order valence-corrected chi connectivity index (χ4v) is 2.62. The van der Waals surface area contributed by atoms with Crippen LogP contribution in [0, 0.1) is 0 Å². The van der Waals surface area contributed by atoms with Crippen LogP contribution < -0.4 is 10.1 Å². The van der Waals surface area contributed by atoms with E-state index in [2.05, 4.69) is 26.2 Å². The number of ether oxygens (including phenoxy) is 1. The van der Waals surface area contributed by atoms with Crippen molar-refractivity contribution >= 4 is 27.5 Å². The van der Waals surface area contributed by atoms with Gasteiger partial charge >= 0.3 is 0 Å². The standard InChI is InChI=1S/C18H16BrN3O2/c19-14-4-3-5-15(12-14)24-11-8-18(23)21-16-6-1-2-7-17(16)22-10-9-20-13-22/h1-7,9-10,12-13H,8,11H2,(H,21,23). The van der Waals surface area contributed by atoms with Gasteiger partial charge in [-0.3, -0.25) is 4.79 Å². The van der Waals surface area contributed by atoms with E-state index >= 15 is 0 Å². The summed E-state index contributed by atoms with van der Waals surface area (Å²) in [7, 11) is 0. The highest BCUT2D eigenvalue weighted by atomic mass is 79.9. The maximum Gasteiger partial charge on any atom is 0.227 e. The van der Waals surface area contributed by atoms with Gasteiger partial charge in [0.15, 0.2) is 0 Å². The first-order chi connectivity index (χ1) is 11.7. The molecule has 0 unspecified atom stereocenters. The SMILES string of the molecule is O=C(CCOc1cccc(Br)c1)Nc1ccccc1-n1ccnc1. The molecule has 0 bridgehead atoms. The molecule has 0 fully saturated rings. The van der Waals surface area contributed by atoms with Gasteiger partial charge in [-0.25, -0.2) is 4.98 Å². The number of hydrogen-bond acceptors (Lipinski definition) is 3. The lowest BCUT2D eigenvalue weighted by Crippen LogP contribution is -2.16. The molecule has 0 radical (unpaired) electrons. The van der Waals surface area contributed by atoms with Crippen LogP contribution in [0.15, 0.2) is 71.7 Å². The van der Waals surface area contributed by atoms with Crippen molar-refractivity contribution in [3.63, 3.8) is 0 Å². The van der Waals surface area contributed by atoms with Crippen LogP contribution in [0.4, 0.5) is 5.69 Å². The molecule has 0 aliphatic heterocycles. The van der Waals surface area contributed by atoms with Crippen LogP contribution in [-0.4, -0.2) is 22.1 Å². The number of amides is 1. The van der Waals surface area contributed by atoms with Crippen LogP contribution in [0.2, 0.25) is 0 Å². The predicted octanol–water partition coefficient (Wildman–Crippen LogP) is 4.04. The van der Waals surface area contributed by atoms with Gasteiger partial charge in [0.1, 0.15) is 5.75 Å². The first-order valence-corrected chi connectivity index (χ1v) is 8.27. The van der Waals surface area contributed by atoms with Crippen molar-refractivity contribution in [2.75, 3.05) is 11.9 Å². The van der Waals surface area contributed by atoms with Gasteiger partial charge in [-0.15, -0.1) is 0 Å². The Kier molecular flexibility index (Phi) is 5.28. The van der Waals surface area contributed by atoms with E-state index in [-0.39, 0.29) is 12.3 Å². The number of carbonyl (C=O) groups excluding carboxylic acids is 1. The molecule has 3 aromatic rings. The van der Waals surface area contributed by atoms with Crippen LogP contribution in [0.25, 0.3) is 5.69 Å². The number of nitrogens with one attached hydrogen (secondary N) is 1. The van der Waals surface area contributed by atoms with Gasteiger partial charge in [-0.2, -0.15) is 0 Å². The summed E-state index contributed by atoms with van der Waals surface area (Å²) in [6, 6.07) is 15.1. The number of nitrogens with zero attached hydrogens (tertiary/aromatic N) is 2. The van der Waals surface area contributed by atoms with Crippen LogP contribution in [0.3, 0.4) is 0 Å². The summed E-state index contributed by atoms with van der Waals surface area (Å²) in [6.45, 7) is 0.315. The van der Waals surface area contributed by atoms with Gasteiger partial charge in [0.25, 0.3) is 0 Å². The van der Waals surface area contributed by atoms with Gasteiger partial charge in [-0.1, -0.05) is 34.1 Å². The smallest absolute Gasteiger partial charge is 0.227 e. The molecule has 5 nitrogen and oxygen atoms in total. The van der Waals surface area contributed by atoms with Crippen molar-refractivity contribution in [3.8, 4) is 11.4 Å². The third-order valence-corrected chi connectivity index (χ3v) is 3.85. The Morgan fingerprint density at radius 1 is 1.21 bits per heavy atom. The molecule has 0 atom stereocenters. The third-order valence-electron chi connectivity index (χ3n) is 3.35. The number of aromatic nitrogens is 2. The summed E-state index contributed by atoms with van der Waals surface area (Å²) in [5, 5.41) is 2.92. The predicted molar refractivity (Wildman–Crippen MR) is 96.4 cm³/mol. The van der Waals surface area contributed by atoms with Gasteiger partial charge < -0.3 is 14.6 Å². The second-order valence-corrected chi connectivity index (χ2v) is 6.01. The largest absolute Gasteiger partial charge is 0.493 e. The lowest BCUT2D eigenvalue weighted by atomic mass is 10.2. The van der Waals surface area contributed by atoms with E-state index in [0.717, 1.165) is 21.6 Å². The normalized spacial score (nSPS) is 10.4. The van der Waals surface area contributed by atoms with E-state index < -0.39 is 0 Å². The molecule has 1 N–H and O–H groups in total. The average molecular weight is 386 g/mol. The molecule has 0 spiro atoms. The van der Waals surface area contributed by atoms with Crippen LogP contribution >= 0.6 is 15.9 Å². The average Bonchev–Trinajstić information content (AvgIpc) is 3.10. The highest BCUT2D eigenvalue weighted by molar-refractivity contribution is 9.10. The summed E-state index contributed by atoms with van der Waals surface area (Å²) >= 11 is 3.39. The first-order valence-electron chi connectivity index (χ1n) is 7.48. The van der Waals surface area contributed by atoms with Crippen molar-refractivity contribution in [3.05, 3.63) is 71.7 Å². The second-order valence-electron chi connectivity index (χ2n) is 5.09. The van der Waals surface area contributed by atoms with E-state index in [0.29, 0.717) is 6.61 Å². The number of para-hydroxylation sites is 2. The van der Waals surface area contributed by atoms with Gasteiger partial charge in [0.2, 0.25) is 5.91 Å². The monoisotopic (exact) mass is 385 g/mol. The molecule has 1 amide bonds. The zero-order valence-corrected chi connectivity index (χ0v) is 14.4. The Morgan fingerprint density at radius 3 is 2.88 bits per heavy atom. The minimum absolute atomic E-state index is 0.0995. The number of benzene rings is 2. The number of anilines is 1. The zero-order valence-electron chi connectivity index (χ0n) is 12.9. The summed E-state index contributed by atoms with van der Waals surface area (Å²) in [5.41, 5.74) is 1.61. The van der Waals surface area contributed by atoms with Crippen molar-refractivity contribution in [2.24, 2.45) is 0 Å². The molecule has 1 heterocycles. The maximum atomic E-state index is 12.2. The Hall–Kier alpha value is -2.60. The highest BCUT2D eigenvalue weighted by Crippen LogP contribution is 2.20. The van der Waals surface area contributed by atoms with E-state index in [1.54, 1.807) is 12.5 Å². The number of hydrogen-bond donors (Lipinski definition) is 1. The Bertz CT molecular complexity index is 819. The first kappa shape index (κ1) is 16.3. The molecule has 24 heavy (non-hydrogen) atoms. The Balaban J connectivity index is 1.58. The van der Waals surface area contributed by atoms with E-state index in [4.69, 9.17) is 4.74 Å². The van der Waals surface area contributed by atoms with Gasteiger partial charge in [0, 0.05) is 16.9 Å². The molecule has 2 aromatic carbocycles. The lowest BCUT2D eigenvalue weighted by Gasteiger charge is -2.12. The summed E-state index contributed by atoms with van der Waals surface area (Å²) in [6.07, 6.45) is 5.50. The van der Waals surface area contributed by atoms with Crippen LogP contribution in [0.5, 0.6) is 5.75 Å². The maximum absolute atomic E-state index is 12.2. The molecule has 0 saturated carbocycles. The van der Waals surface area contributed by atoms with Gasteiger partial charge in [0.05, 0.1) is 30.7 Å². The fourth-order valence-electron chi connectivity index (χ4n) is 2.24. The fraction of sp³-hybridized carbons (Fsp3) is 0.111. The van der Waals surface area contributed by atoms with Crippen LogP contribution in [-0.2, 0) is 4.79 Å². The zero-order chi connectivity index (χ0) is 16.8. The topological polar surface area (TPSA) is 56.1 Å². The summed E-state index contributed by atoms with van der Waals surface area (Å²) < 4.78 is 8.39. The molecule has 0 aliphatic carbocycles. The molecule has 3 rings (SSSR count). The summed E-state index contributed by atoms with van der Waals surface area (Å²) in [4.78, 5) is 16.2. The van der Waals surface area contributed by atoms with Crippen molar-refractivity contribution < 1.29 is 9.53 Å². The molecule has 6 heteroatoms. The van der Waals surface area contributed by atoms with E-state index in [1.807, 2.05) is 59.3 Å². The highest BCUT2D eigenvalue weighted by Gasteiger charge is 2.08. The third kappa shape index (κ3) is 4.23. The molecule has 122 valence electrons. The lowest BCUT2D eigenvalue weighted by molar-refractivity contribution is -0.116. The van der Waals surface area contributed by atoms with E-state index in [9.17, 15) is 4.79 Å². The quantitative estimate of drug-likeness (QED) is 0.696. The molecule has 0 saturated heterocycles. The molecule has 1 aromatic heterocycles. The Morgan fingerprint density at radius 2 is 2.08 bits per heavy atom. The van der Waals surface area contributed by atoms with Crippen LogP contribution in [0.1, 0.15) is 6.42 Å². The minimum Gasteiger partial charge on any atom is -0.493 e. The number of rotatable bonds is 6. The summed E-state index contributed by atoms with van der Waals surface area (Å²) in [5.74, 6) is 0.633. The molecular formula is C18H16BrN3O2.